The summed E-state index contributed by atoms with van der Waals surface area (Å²) in [6.45, 7) is 3.23. The van der Waals surface area contributed by atoms with Gasteiger partial charge in [-0.05, 0) is 12.8 Å². The maximum atomic E-state index is 11.0. The Morgan fingerprint density at radius 3 is 2.68 bits per heavy atom. The van der Waals surface area contributed by atoms with Gasteiger partial charge in [0.2, 0.25) is 5.91 Å². The number of carbonyl (C=O) groups excluding carboxylic acids is 1. The molecule has 1 aromatic heterocycles. The molecular weight excluding hydrogens is 266 g/mol. The van der Waals surface area contributed by atoms with Crippen LogP contribution in [0.15, 0.2) is 6.33 Å². The average molecular weight is 284 g/mol. The van der Waals surface area contributed by atoms with Crippen molar-refractivity contribution in [2.24, 2.45) is 0 Å². The van der Waals surface area contributed by atoms with Crippen molar-refractivity contribution in [2.75, 3.05) is 30.4 Å². The third-order valence-electron chi connectivity index (χ3n) is 3.23. The van der Waals surface area contributed by atoms with Crippen molar-refractivity contribution in [3.05, 3.63) is 11.5 Å². The molecule has 2 heterocycles. The number of nitrogens with zero attached hydrogens (tertiary/aromatic N) is 3. The molecule has 19 heavy (non-hydrogen) atoms. The van der Waals surface area contributed by atoms with E-state index in [1.54, 1.807) is 14.0 Å². The maximum absolute atomic E-state index is 11.0. The highest BCUT2D eigenvalue weighted by Crippen LogP contribution is 2.30. The summed E-state index contributed by atoms with van der Waals surface area (Å²) < 4.78 is 0. The predicted molar refractivity (Wildman–Crippen MR) is 75.6 cm³/mol. The Balaban J connectivity index is 2.05. The number of hydrogen-bond donors (Lipinski definition) is 2. The number of aromatic nitrogens is 2. The topological polar surface area (TPSA) is 70.2 Å². The summed E-state index contributed by atoms with van der Waals surface area (Å²) in [6, 6.07) is 0.254. The molecule has 2 rings (SSSR count). The summed E-state index contributed by atoms with van der Waals surface area (Å²) in [4.78, 5) is 21.5. The van der Waals surface area contributed by atoms with E-state index in [1.165, 1.54) is 6.33 Å². The van der Waals surface area contributed by atoms with Crippen LogP contribution in [0.25, 0.3) is 0 Å². The van der Waals surface area contributed by atoms with Crippen LogP contribution < -0.4 is 15.5 Å². The highest BCUT2D eigenvalue weighted by atomic mass is 35.5. The molecule has 1 aliphatic heterocycles. The van der Waals surface area contributed by atoms with E-state index in [1.807, 2.05) is 0 Å². The zero-order valence-corrected chi connectivity index (χ0v) is 11.9. The van der Waals surface area contributed by atoms with Gasteiger partial charge in [0.05, 0.1) is 0 Å². The van der Waals surface area contributed by atoms with Gasteiger partial charge in [0.15, 0.2) is 11.0 Å². The molecule has 104 valence electrons. The Morgan fingerprint density at radius 2 is 2.11 bits per heavy atom. The minimum absolute atomic E-state index is 0.0273. The number of nitrogens with one attached hydrogen (secondary N) is 2. The summed E-state index contributed by atoms with van der Waals surface area (Å²) in [7, 11) is 1.80. The summed E-state index contributed by atoms with van der Waals surface area (Å²) >= 11 is 6.05. The molecular formula is C12H18ClN5O. The first-order valence-corrected chi connectivity index (χ1v) is 6.70. The van der Waals surface area contributed by atoms with Crippen molar-refractivity contribution in [2.45, 2.75) is 25.8 Å². The van der Waals surface area contributed by atoms with Crippen LogP contribution >= 0.6 is 11.6 Å². The van der Waals surface area contributed by atoms with E-state index in [4.69, 9.17) is 11.6 Å². The number of rotatable bonds is 3. The van der Waals surface area contributed by atoms with Crippen LogP contribution in [0.5, 0.6) is 0 Å². The number of piperidine rings is 1. The fourth-order valence-electron chi connectivity index (χ4n) is 2.33. The van der Waals surface area contributed by atoms with Gasteiger partial charge in [-0.3, -0.25) is 4.79 Å². The van der Waals surface area contributed by atoms with Crippen molar-refractivity contribution in [1.82, 2.24) is 15.3 Å². The molecule has 1 amide bonds. The maximum Gasteiger partial charge on any atom is 0.217 e. The van der Waals surface area contributed by atoms with Crippen LogP contribution in [0.4, 0.5) is 11.5 Å². The number of hydrogen-bond acceptors (Lipinski definition) is 5. The van der Waals surface area contributed by atoms with Gasteiger partial charge in [-0.25, -0.2) is 9.97 Å². The normalized spacial score (nSPS) is 16.3. The van der Waals surface area contributed by atoms with Crippen molar-refractivity contribution >= 4 is 29.0 Å². The average Bonchev–Trinajstić information content (AvgIpc) is 2.38. The Hall–Kier alpha value is -1.56. The molecule has 1 aliphatic rings. The Kier molecular flexibility index (Phi) is 4.42. The highest BCUT2D eigenvalue weighted by Gasteiger charge is 2.23. The number of carbonyl (C=O) groups is 1. The molecule has 1 fully saturated rings. The van der Waals surface area contributed by atoms with E-state index in [-0.39, 0.29) is 11.9 Å². The second-order valence-electron chi connectivity index (χ2n) is 4.57. The van der Waals surface area contributed by atoms with Crippen LogP contribution in [0.1, 0.15) is 19.8 Å². The molecule has 0 unspecified atom stereocenters. The molecule has 0 aliphatic carbocycles. The SMILES string of the molecule is CNc1c(Cl)ncnc1N1CCC(NC(C)=O)CC1. The smallest absolute Gasteiger partial charge is 0.217 e. The van der Waals surface area contributed by atoms with E-state index in [0.29, 0.717) is 5.15 Å². The molecule has 0 atom stereocenters. The Morgan fingerprint density at radius 1 is 1.42 bits per heavy atom. The second kappa shape index (κ2) is 6.06. The van der Waals surface area contributed by atoms with Crippen LogP contribution in [0, 0.1) is 0 Å². The number of anilines is 2. The lowest BCUT2D eigenvalue weighted by molar-refractivity contribution is -0.119. The molecule has 0 aromatic carbocycles. The zero-order valence-electron chi connectivity index (χ0n) is 11.1. The molecule has 7 heteroatoms. The van der Waals surface area contributed by atoms with Gasteiger partial charge in [-0.1, -0.05) is 11.6 Å². The summed E-state index contributed by atoms with van der Waals surface area (Å²) in [5, 5.41) is 6.42. The first-order valence-electron chi connectivity index (χ1n) is 6.32. The van der Waals surface area contributed by atoms with Crippen molar-refractivity contribution in [3.63, 3.8) is 0 Å². The zero-order chi connectivity index (χ0) is 13.8. The van der Waals surface area contributed by atoms with Gasteiger partial charge in [0, 0.05) is 33.1 Å². The minimum Gasteiger partial charge on any atom is -0.383 e. The van der Waals surface area contributed by atoms with Gasteiger partial charge < -0.3 is 15.5 Å². The fraction of sp³-hybridized carbons (Fsp3) is 0.583. The van der Waals surface area contributed by atoms with Crippen LogP contribution in [0.3, 0.4) is 0 Å². The molecule has 6 nitrogen and oxygen atoms in total. The van der Waals surface area contributed by atoms with E-state index in [9.17, 15) is 4.79 Å². The third kappa shape index (κ3) is 3.26. The largest absolute Gasteiger partial charge is 0.383 e. The lowest BCUT2D eigenvalue weighted by atomic mass is 10.0. The number of amides is 1. The minimum atomic E-state index is 0.0273. The highest BCUT2D eigenvalue weighted by molar-refractivity contribution is 6.32. The monoisotopic (exact) mass is 283 g/mol. The number of halogens is 1. The third-order valence-corrected chi connectivity index (χ3v) is 3.52. The quantitative estimate of drug-likeness (QED) is 0.818. The first-order chi connectivity index (χ1) is 9.11. The van der Waals surface area contributed by atoms with Crippen molar-refractivity contribution < 1.29 is 4.79 Å². The molecule has 1 saturated heterocycles. The van der Waals surface area contributed by atoms with Gasteiger partial charge in [0.1, 0.15) is 12.0 Å². The molecule has 0 saturated carbocycles. The molecule has 1 aromatic rings. The Labute approximate surface area is 117 Å². The molecule has 0 spiro atoms. The van der Waals surface area contributed by atoms with E-state index in [2.05, 4.69) is 25.5 Å². The van der Waals surface area contributed by atoms with Crippen LogP contribution in [-0.4, -0.2) is 42.1 Å². The Bertz CT molecular complexity index is 459. The summed E-state index contributed by atoms with van der Waals surface area (Å²) in [6.07, 6.45) is 3.28. The van der Waals surface area contributed by atoms with Gasteiger partial charge in [0.25, 0.3) is 0 Å². The lowest BCUT2D eigenvalue weighted by Crippen LogP contribution is -2.44. The molecule has 0 bridgehead atoms. The van der Waals surface area contributed by atoms with Crippen LogP contribution in [-0.2, 0) is 4.79 Å². The van der Waals surface area contributed by atoms with Crippen LogP contribution in [0.2, 0.25) is 5.15 Å². The second-order valence-corrected chi connectivity index (χ2v) is 4.93. The van der Waals surface area contributed by atoms with E-state index >= 15 is 0 Å². The summed E-state index contributed by atoms with van der Waals surface area (Å²) in [5.74, 6) is 0.850. The van der Waals surface area contributed by atoms with Crippen molar-refractivity contribution in [1.29, 1.82) is 0 Å². The van der Waals surface area contributed by atoms with Gasteiger partial charge in [-0.2, -0.15) is 0 Å². The standard InChI is InChI=1S/C12H18ClN5O/c1-8(19)17-9-3-5-18(6-4-9)12-10(14-2)11(13)15-7-16-12/h7,9,14H,3-6H2,1-2H3,(H,17,19). The van der Waals surface area contributed by atoms with Gasteiger partial charge >= 0.3 is 0 Å². The fourth-order valence-corrected chi connectivity index (χ4v) is 2.56. The predicted octanol–water partition coefficient (Wildman–Crippen LogP) is 1.28. The van der Waals surface area contributed by atoms with Gasteiger partial charge in [-0.15, -0.1) is 0 Å². The first kappa shape index (κ1) is 13.9. The molecule has 0 radical (unpaired) electrons. The van der Waals surface area contributed by atoms with E-state index in [0.717, 1.165) is 37.4 Å². The lowest BCUT2D eigenvalue weighted by Gasteiger charge is -2.33. The van der Waals surface area contributed by atoms with Crippen molar-refractivity contribution in [3.8, 4) is 0 Å². The van der Waals surface area contributed by atoms with E-state index < -0.39 is 0 Å². The molecule has 2 N–H and O–H groups in total. The summed E-state index contributed by atoms with van der Waals surface area (Å²) in [5.41, 5.74) is 0.752.